The summed E-state index contributed by atoms with van der Waals surface area (Å²) in [6.45, 7) is 5.63. The molecule has 2 amide bonds. The van der Waals surface area contributed by atoms with E-state index in [-0.39, 0.29) is 47.2 Å². The minimum Gasteiger partial charge on any atom is -0.342 e. The van der Waals surface area contributed by atoms with Crippen LogP contribution >= 0.6 is 0 Å². The molecule has 0 saturated carbocycles. The van der Waals surface area contributed by atoms with E-state index < -0.39 is 15.6 Å². The number of hydrogen-bond donors (Lipinski definition) is 0. The standard InChI is InChI=1S/C21H26N4O4S/c1-3-25-20(27)17-13-23(15(2)26)14-18(17)21(25)8-10-24(11-9-21)30(28,29)19-7-5-4-6-16(19)12-22/h4-7,17-18H,3,8-11,13-14H2,1-2H3/t17-,18+/m1/s1. The van der Waals surface area contributed by atoms with Gasteiger partial charge in [0, 0.05) is 45.6 Å². The average Bonchev–Trinajstić information content (AvgIpc) is 3.28. The highest BCUT2D eigenvalue weighted by atomic mass is 32.2. The van der Waals surface area contributed by atoms with Gasteiger partial charge in [0.25, 0.3) is 0 Å². The lowest BCUT2D eigenvalue weighted by atomic mass is 9.75. The summed E-state index contributed by atoms with van der Waals surface area (Å²) in [4.78, 5) is 28.7. The van der Waals surface area contributed by atoms with Crippen molar-refractivity contribution in [2.75, 3.05) is 32.7 Å². The van der Waals surface area contributed by atoms with E-state index in [1.165, 1.54) is 23.4 Å². The fourth-order valence-corrected chi connectivity index (χ4v) is 7.21. The largest absolute Gasteiger partial charge is 0.342 e. The minimum atomic E-state index is -3.79. The summed E-state index contributed by atoms with van der Waals surface area (Å²) in [5.41, 5.74) is -0.279. The van der Waals surface area contributed by atoms with Crippen LogP contribution in [-0.2, 0) is 19.6 Å². The van der Waals surface area contributed by atoms with Crippen molar-refractivity contribution in [2.45, 2.75) is 37.1 Å². The van der Waals surface area contributed by atoms with Gasteiger partial charge in [0.1, 0.15) is 6.07 Å². The van der Waals surface area contributed by atoms with E-state index >= 15 is 0 Å². The Morgan fingerprint density at radius 3 is 2.50 bits per heavy atom. The summed E-state index contributed by atoms with van der Waals surface area (Å²) in [6, 6.07) is 8.20. The van der Waals surface area contributed by atoms with Crippen LogP contribution in [0.15, 0.2) is 29.2 Å². The number of piperidine rings is 1. The molecule has 0 unspecified atom stereocenters. The number of carbonyl (C=O) groups excluding carboxylic acids is 2. The second-order valence-electron chi connectivity index (χ2n) is 8.34. The van der Waals surface area contributed by atoms with Gasteiger partial charge < -0.3 is 9.80 Å². The Bertz CT molecular complexity index is 1020. The molecule has 30 heavy (non-hydrogen) atoms. The lowest BCUT2D eigenvalue weighted by Crippen LogP contribution is -2.57. The number of rotatable bonds is 3. The fraction of sp³-hybridized carbons (Fsp3) is 0.571. The van der Waals surface area contributed by atoms with Gasteiger partial charge in [-0.25, -0.2) is 8.42 Å². The van der Waals surface area contributed by atoms with Crippen molar-refractivity contribution in [1.29, 1.82) is 5.26 Å². The maximum Gasteiger partial charge on any atom is 0.244 e. The Morgan fingerprint density at radius 2 is 1.90 bits per heavy atom. The predicted molar refractivity (Wildman–Crippen MR) is 109 cm³/mol. The number of benzene rings is 1. The first-order chi connectivity index (χ1) is 14.3. The van der Waals surface area contributed by atoms with Crippen LogP contribution in [-0.4, -0.2) is 72.6 Å². The molecular weight excluding hydrogens is 404 g/mol. The first-order valence-electron chi connectivity index (χ1n) is 10.3. The van der Waals surface area contributed by atoms with Gasteiger partial charge in [-0.15, -0.1) is 0 Å². The van der Waals surface area contributed by atoms with Gasteiger partial charge in [-0.3, -0.25) is 9.59 Å². The Morgan fingerprint density at radius 1 is 1.23 bits per heavy atom. The molecule has 0 radical (unpaired) electrons. The molecule has 3 saturated heterocycles. The number of sulfonamides is 1. The molecule has 160 valence electrons. The molecule has 2 atom stereocenters. The van der Waals surface area contributed by atoms with Crippen molar-refractivity contribution in [3.8, 4) is 6.07 Å². The van der Waals surface area contributed by atoms with E-state index in [9.17, 15) is 23.3 Å². The number of likely N-dealkylation sites (tertiary alicyclic amines) is 2. The van der Waals surface area contributed by atoms with Crippen molar-refractivity contribution in [1.82, 2.24) is 14.1 Å². The maximum atomic E-state index is 13.2. The second kappa shape index (κ2) is 7.36. The molecule has 3 aliphatic rings. The Balaban J connectivity index is 1.60. The van der Waals surface area contributed by atoms with E-state index in [1.807, 2.05) is 17.9 Å². The van der Waals surface area contributed by atoms with Crippen LogP contribution < -0.4 is 0 Å². The first-order valence-corrected chi connectivity index (χ1v) is 11.8. The highest BCUT2D eigenvalue weighted by Gasteiger charge is 2.61. The molecule has 1 spiro atoms. The van der Waals surface area contributed by atoms with Gasteiger partial charge in [-0.1, -0.05) is 12.1 Å². The third kappa shape index (κ3) is 2.93. The lowest BCUT2D eigenvalue weighted by molar-refractivity contribution is -0.136. The zero-order chi connectivity index (χ0) is 21.7. The molecule has 0 aromatic heterocycles. The molecule has 3 fully saturated rings. The summed E-state index contributed by atoms with van der Waals surface area (Å²) in [6.07, 6.45) is 1.07. The van der Waals surface area contributed by atoms with E-state index in [2.05, 4.69) is 0 Å². The average molecular weight is 431 g/mol. The third-order valence-electron chi connectivity index (χ3n) is 7.11. The Kier molecular flexibility index (Phi) is 5.11. The zero-order valence-corrected chi connectivity index (χ0v) is 18.1. The van der Waals surface area contributed by atoms with Gasteiger partial charge >= 0.3 is 0 Å². The molecule has 1 aromatic rings. The van der Waals surface area contributed by atoms with Crippen molar-refractivity contribution >= 4 is 21.8 Å². The highest BCUT2D eigenvalue weighted by molar-refractivity contribution is 7.89. The second-order valence-corrected chi connectivity index (χ2v) is 10.2. The first kappa shape index (κ1) is 20.8. The molecule has 0 bridgehead atoms. The minimum absolute atomic E-state index is 0.0245. The van der Waals surface area contributed by atoms with Gasteiger partial charge in [0.2, 0.25) is 21.8 Å². The number of amides is 2. The van der Waals surface area contributed by atoms with Crippen LogP contribution in [0, 0.1) is 23.2 Å². The van der Waals surface area contributed by atoms with Gasteiger partial charge in [-0.2, -0.15) is 9.57 Å². The van der Waals surface area contributed by atoms with E-state index in [4.69, 9.17) is 0 Å². The van der Waals surface area contributed by atoms with Gasteiger partial charge in [0.15, 0.2) is 0 Å². The number of nitriles is 1. The number of hydrogen-bond acceptors (Lipinski definition) is 5. The summed E-state index contributed by atoms with van der Waals surface area (Å²) in [7, 11) is -3.79. The summed E-state index contributed by atoms with van der Waals surface area (Å²) < 4.78 is 27.8. The topological polar surface area (TPSA) is 102 Å². The van der Waals surface area contributed by atoms with Crippen molar-refractivity contribution in [2.24, 2.45) is 11.8 Å². The molecule has 3 heterocycles. The fourth-order valence-electron chi connectivity index (χ4n) is 5.62. The van der Waals surface area contributed by atoms with Gasteiger partial charge in [-0.05, 0) is 31.9 Å². The van der Waals surface area contributed by atoms with E-state index in [0.29, 0.717) is 32.5 Å². The van der Waals surface area contributed by atoms with E-state index in [1.54, 1.807) is 17.0 Å². The van der Waals surface area contributed by atoms with Crippen LogP contribution in [0.2, 0.25) is 0 Å². The molecule has 8 nitrogen and oxygen atoms in total. The molecule has 9 heteroatoms. The number of fused-ring (bicyclic) bond motifs is 2. The van der Waals surface area contributed by atoms with Crippen molar-refractivity contribution in [3.63, 3.8) is 0 Å². The van der Waals surface area contributed by atoms with Crippen molar-refractivity contribution in [3.05, 3.63) is 29.8 Å². The Hall–Kier alpha value is -2.44. The van der Waals surface area contributed by atoms with Crippen LogP contribution in [0.4, 0.5) is 0 Å². The molecule has 4 rings (SSSR count). The summed E-state index contributed by atoms with van der Waals surface area (Å²) in [5.74, 6) is -0.109. The van der Waals surface area contributed by atoms with Crippen LogP contribution in [0.5, 0.6) is 0 Å². The monoisotopic (exact) mass is 430 g/mol. The summed E-state index contributed by atoms with van der Waals surface area (Å²) in [5, 5.41) is 9.31. The maximum absolute atomic E-state index is 13.2. The highest BCUT2D eigenvalue weighted by Crippen LogP contribution is 2.50. The molecule has 0 N–H and O–H groups in total. The Labute approximate surface area is 177 Å². The molecule has 1 aromatic carbocycles. The normalized spacial score (nSPS) is 26.1. The van der Waals surface area contributed by atoms with Crippen LogP contribution in [0.3, 0.4) is 0 Å². The van der Waals surface area contributed by atoms with E-state index in [0.717, 1.165) is 0 Å². The number of nitrogens with zero attached hydrogens (tertiary/aromatic N) is 4. The van der Waals surface area contributed by atoms with Crippen LogP contribution in [0.1, 0.15) is 32.3 Å². The van der Waals surface area contributed by atoms with Crippen LogP contribution in [0.25, 0.3) is 0 Å². The molecular formula is C21H26N4O4S. The third-order valence-corrected chi connectivity index (χ3v) is 9.06. The van der Waals surface area contributed by atoms with Crippen molar-refractivity contribution < 1.29 is 18.0 Å². The smallest absolute Gasteiger partial charge is 0.244 e. The predicted octanol–water partition coefficient (Wildman–Crippen LogP) is 1.04. The quantitative estimate of drug-likeness (QED) is 0.713. The number of carbonyl (C=O) groups is 2. The van der Waals surface area contributed by atoms with Gasteiger partial charge in [0.05, 0.1) is 21.9 Å². The molecule has 3 aliphatic heterocycles. The lowest BCUT2D eigenvalue weighted by Gasteiger charge is -2.47. The zero-order valence-electron chi connectivity index (χ0n) is 17.2. The SMILES string of the molecule is CCN1C(=O)[C@@H]2CN(C(C)=O)C[C@@H]2C12CCN(S(=O)(=O)c1ccccc1C#N)CC2. The molecule has 0 aliphatic carbocycles. The summed E-state index contributed by atoms with van der Waals surface area (Å²) >= 11 is 0.